The SMILES string of the molecule is O=C(c1ccccn1)[C@@H]1[C@@H](c2cccc([N+](=O)[O-])c2)[C@H]2CCCN2[C@@]12C(=O)Nc1ccc(Cl)cc12. The van der Waals surface area contributed by atoms with Gasteiger partial charge in [-0.1, -0.05) is 29.8 Å². The van der Waals surface area contributed by atoms with Gasteiger partial charge in [-0.2, -0.15) is 0 Å². The van der Waals surface area contributed by atoms with Gasteiger partial charge < -0.3 is 5.32 Å². The number of nitrogens with zero attached hydrogens (tertiary/aromatic N) is 3. The Bertz CT molecular complexity index is 1380. The van der Waals surface area contributed by atoms with Crippen molar-refractivity contribution < 1.29 is 14.5 Å². The van der Waals surface area contributed by atoms with Gasteiger partial charge in [0.2, 0.25) is 5.91 Å². The molecule has 9 heteroatoms. The van der Waals surface area contributed by atoms with Crippen LogP contribution in [0.25, 0.3) is 0 Å². The summed E-state index contributed by atoms with van der Waals surface area (Å²) in [5.74, 6) is -1.82. The van der Waals surface area contributed by atoms with E-state index >= 15 is 0 Å². The number of pyridine rings is 1. The average Bonchev–Trinajstić information content (AvgIpc) is 3.52. The Balaban J connectivity index is 1.63. The molecule has 35 heavy (non-hydrogen) atoms. The van der Waals surface area contributed by atoms with Crippen LogP contribution in [0.2, 0.25) is 5.02 Å². The van der Waals surface area contributed by atoms with Crippen LogP contribution in [0, 0.1) is 16.0 Å². The predicted molar refractivity (Wildman–Crippen MR) is 129 cm³/mol. The summed E-state index contributed by atoms with van der Waals surface area (Å²) in [5.41, 5.74) is 0.900. The van der Waals surface area contributed by atoms with Gasteiger partial charge in [-0.25, -0.2) is 0 Å². The van der Waals surface area contributed by atoms with E-state index in [1.165, 1.54) is 12.1 Å². The predicted octanol–water partition coefficient (Wildman–Crippen LogP) is 4.55. The van der Waals surface area contributed by atoms with Crippen LogP contribution in [-0.2, 0) is 10.3 Å². The summed E-state index contributed by atoms with van der Waals surface area (Å²) in [6, 6.07) is 16.6. The third kappa shape index (κ3) is 3.06. The van der Waals surface area contributed by atoms with Gasteiger partial charge in [-0.3, -0.25) is 29.6 Å². The topological polar surface area (TPSA) is 105 Å². The number of carbonyl (C=O) groups excluding carboxylic acids is 2. The molecule has 0 unspecified atom stereocenters. The summed E-state index contributed by atoms with van der Waals surface area (Å²) >= 11 is 6.40. The summed E-state index contributed by atoms with van der Waals surface area (Å²) < 4.78 is 0. The number of nitro groups is 1. The van der Waals surface area contributed by atoms with E-state index in [9.17, 15) is 19.7 Å². The van der Waals surface area contributed by atoms with Crippen molar-refractivity contribution >= 4 is 34.7 Å². The maximum atomic E-state index is 14.2. The van der Waals surface area contributed by atoms with Crippen molar-refractivity contribution in [3.8, 4) is 0 Å². The van der Waals surface area contributed by atoms with Gasteiger partial charge in [-0.05, 0) is 55.3 Å². The van der Waals surface area contributed by atoms with Crippen LogP contribution in [-0.4, -0.2) is 39.1 Å². The van der Waals surface area contributed by atoms with E-state index in [0.717, 1.165) is 12.8 Å². The highest BCUT2D eigenvalue weighted by atomic mass is 35.5. The molecule has 1 amide bonds. The lowest BCUT2D eigenvalue weighted by Gasteiger charge is -2.36. The van der Waals surface area contributed by atoms with Gasteiger partial charge in [0.1, 0.15) is 11.2 Å². The van der Waals surface area contributed by atoms with Crippen molar-refractivity contribution in [2.45, 2.75) is 30.3 Å². The Morgan fingerprint density at radius 1 is 1.17 bits per heavy atom. The van der Waals surface area contributed by atoms with E-state index in [2.05, 4.69) is 15.2 Å². The Labute approximate surface area is 206 Å². The summed E-state index contributed by atoms with van der Waals surface area (Å²) in [7, 11) is 0. The summed E-state index contributed by atoms with van der Waals surface area (Å²) in [6.45, 7) is 0.626. The molecule has 2 aromatic carbocycles. The highest BCUT2D eigenvalue weighted by Crippen LogP contribution is 2.61. The first-order valence-electron chi connectivity index (χ1n) is 11.5. The first kappa shape index (κ1) is 21.9. The number of nitrogens with one attached hydrogen (secondary N) is 1. The van der Waals surface area contributed by atoms with Gasteiger partial charge >= 0.3 is 0 Å². The number of rotatable bonds is 4. The molecule has 176 valence electrons. The highest BCUT2D eigenvalue weighted by molar-refractivity contribution is 6.31. The van der Waals surface area contributed by atoms with Crippen molar-refractivity contribution in [1.82, 2.24) is 9.88 Å². The normalized spacial score (nSPS) is 27.0. The van der Waals surface area contributed by atoms with Crippen LogP contribution in [0.5, 0.6) is 0 Å². The van der Waals surface area contributed by atoms with E-state index in [-0.39, 0.29) is 29.1 Å². The fourth-order valence-corrected chi connectivity index (χ4v) is 6.59. The average molecular weight is 489 g/mol. The molecule has 6 rings (SSSR count). The van der Waals surface area contributed by atoms with Crippen LogP contribution >= 0.6 is 11.6 Å². The number of anilines is 1. The van der Waals surface area contributed by atoms with Crippen LogP contribution in [0.1, 0.15) is 40.4 Å². The molecule has 3 aliphatic rings. The molecule has 8 nitrogen and oxygen atoms in total. The smallest absolute Gasteiger partial charge is 0.269 e. The minimum Gasteiger partial charge on any atom is -0.324 e. The van der Waals surface area contributed by atoms with Crippen LogP contribution < -0.4 is 5.32 Å². The summed E-state index contributed by atoms with van der Waals surface area (Å²) in [6.07, 6.45) is 3.17. The molecule has 1 N–H and O–H groups in total. The fraction of sp³-hybridized carbons (Fsp3) is 0.269. The minimum atomic E-state index is -1.29. The standard InChI is InChI=1S/C26H21ClN4O4/c27-16-9-10-19-18(14-16)26(25(33)29-19)23(24(32)20-7-1-2-11-28-20)22(21-8-4-12-30(21)26)15-5-3-6-17(13-15)31(34)35/h1-3,5-7,9-11,13-14,21-23H,4,8,12H2,(H,29,33)/t21-,22+,23+,26-/m1/s1. The number of fused-ring (bicyclic) bond motifs is 4. The Hall–Kier alpha value is -3.62. The number of amides is 1. The molecule has 4 atom stereocenters. The van der Waals surface area contributed by atoms with Crippen molar-refractivity contribution in [1.29, 1.82) is 0 Å². The van der Waals surface area contributed by atoms with Gasteiger partial charge in [-0.15, -0.1) is 0 Å². The first-order valence-corrected chi connectivity index (χ1v) is 11.9. The second-order valence-electron chi connectivity index (χ2n) is 9.25. The summed E-state index contributed by atoms with van der Waals surface area (Å²) in [5, 5.41) is 15.0. The highest BCUT2D eigenvalue weighted by Gasteiger charge is 2.69. The van der Waals surface area contributed by atoms with Crippen molar-refractivity contribution in [3.05, 3.63) is 98.8 Å². The Morgan fingerprint density at radius 2 is 2.03 bits per heavy atom. The van der Waals surface area contributed by atoms with Crippen molar-refractivity contribution in [2.24, 2.45) is 5.92 Å². The maximum Gasteiger partial charge on any atom is 0.269 e. The van der Waals surface area contributed by atoms with Gasteiger partial charge in [0, 0.05) is 46.6 Å². The van der Waals surface area contributed by atoms with E-state index in [0.29, 0.717) is 28.4 Å². The third-order valence-corrected chi connectivity index (χ3v) is 7.86. The van der Waals surface area contributed by atoms with Crippen LogP contribution in [0.15, 0.2) is 66.9 Å². The zero-order valence-electron chi connectivity index (χ0n) is 18.6. The van der Waals surface area contributed by atoms with Gasteiger partial charge in [0.05, 0.1) is 10.8 Å². The molecule has 3 aromatic rings. The second kappa shape index (κ2) is 7.96. The second-order valence-corrected chi connectivity index (χ2v) is 9.68. The van der Waals surface area contributed by atoms with Crippen LogP contribution in [0.3, 0.4) is 0 Å². The molecule has 4 heterocycles. The third-order valence-electron chi connectivity index (χ3n) is 7.63. The molecule has 0 bridgehead atoms. The molecule has 1 spiro atoms. The maximum absolute atomic E-state index is 14.2. The lowest BCUT2D eigenvalue weighted by atomic mass is 9.69. The van der Waals surface area contributed by atoms with Gasteiger partial charge in [0.15, 0.2) is 5.78 Å². The van der Waals surface area contributed by atoms with Crippen molar-refractivity contribution in [3.63, 3.8) is 0 Å². The number of non-ortho nitro benzene ring substituents is 1. The quantitative estimate of drug-likeness (QED) is 0.328. The van der Waals surface area contributed by atoms with E-state index in [4.69, 9.17) is 11.6 Å². The number of halogens is 1. The first-order chi connectivity index (χ1) is 16.9. The molecular formula is C26H21ClN4O4. The zero-order chi connectivity index (χ0) is 24.3. The lowest BCUT2D eigenvalue weighted by Crippen LogP contribution is -2.53. The summed E-state index contributed by atoms with van der Waals surface area (Å²) in [4.78, 5) is 45.7. The van der Waals surface area contributed by atoms with E-state index in [1.807, 2.05) is 6.07 Å². The van der Waals surface area contributed by atoms with E-state index in [1.54, 1.807) is 48.7 Å². The molecule has 0 radical (unpaired) electrons. The number of carbonyl (C=O) groups is 2. The number of benzene rings is 2. The molecular weight excluding hydrogens is 468 g/mol. The monoisotopic (exact) mass is 488 g/mol. The number of hydrogen-bond donors (Lipinski definition) is 1. The lowest BCUT2D eigenvalue weighted by molar-refractivity contribution is -0.384. The molecule has 1 aromatic heterocycles. The molecule has 0 saturated carbocycles. The van der Waals surface area contributed by atoms with Crippen LogP contribution in [0.4, 0.5) is 11.4 Å². The van der Waals surface area contributed by atoms with Crippen molar-refractivity contribution in [2.75, 3.05) is 11.9 Å². The number of nitro benzene ring substituents is 1. The Kier molecular flexibility index (Phi) is 4.98. The molecule has 2 saturated heterocycles. The largest absolute Gasteiger partial charge is 0.324 e. The number of Topliss-reactive ketones (excluding diaryl/α,β-unsaturated/α-hetero) is 1. The number of ketones is 1. The zero-order valence-corrected chi connectivity index (χ0v) is 19.3. The minimum absolute atomic E-state index is 0.0450. The number of hydrogen-bond acceptors (Lipinski definition) is 6. The Morgan fingerprint density at radius 3 is 2.80 bits per heavy atom. The van der Waals surface area contributed by atoms with Gasteiger partial charge in [0.25, 0.3) is 5.69 Å². The number of aromatic nitrogens is 1. The molecule has 2 fully saturated rings. The molecule has 0 aliphatic carbocycles. The van der Waals surface area contributed by atoms with E-state index < -0.39 is 22.3 Å². The fourth-order valence-electron chi connectivity index (χ4n) is 6.42. The molecule has 3 aliphatic heterocycles.